The second kappa shape index (κ2) is 19.9. The van der Waals surface area contributed by atoms with Gasteiger partial charge >= 0.3 is 0 Å². The summed E-state index contributed by atoms with van der Waals surface area (Å²) in [6, 6.07) is 1.65. The molecule has 6 nitrogen and oxygen atoms in total. The van der Waals surface area contributed by atoms with Crippen molar-refractivity contribution in [2.75, 3.05) is 18.9 Å². The summed E-state index contributed by atoms with van der Waals surface area (Å²) in [4.78, 5) is 8.51. The molecule has 0 unspecified atom stereocenters. The van der Waals surface area contributed by atoms with E-state index in [0.717, 1.165) is 24.0 Å². The summed E-state index contributed by atoms with van der Waals surface area (Å²) in [7, 11) is 0. The third-order valence-corrected chi connectivity index (χ3v) is 5.94. The van der Waals surface area contributed by atoms with E-state index in [0.29, 0.717) is 24.5 Å². The molecule has 0 saturated heterocycles. The van der Waals surface area contributed by atoms with E-state index in [1.807, 2.05) is 0 Å². The molecule has 0 aromatic carbocycles. The van der Waals surface area contributed by atoms with Crippen molar-refractivity contribution < 1.29 is 9.94 Å². The Morgan fingerprint density at radius 2 is 1.25 bits per heavy atom. The number of nitrogen functional groups attached to an aromatic ring is 1. The Bertz CT molecular complexity index is 631. The van der Waals surface area contributed by atoms with Crippen LogP contribution in [0, 0.1) is 0 Å². The SMILES string of the molecule is CCCCCCCCCCCCCCCCCCN=c1cc(OCCCC)nc(N)n1O. The fourth-order valence-corrected chi connectivity index (χ4v) is 3.84. The molecular formula is C26H50N4O2. The number of hydrogen-bond donors (Lipinski definition) is 2. The Morgan fingerprint density at radius 1 is 0.781 bits per heavy atom. The van der Waals surface area contributed by atoms with Crippen molar-refractivity contribution in [3.8, 4) is 5.88 Å². The van der Waals surface area contributed by atoms with Gasteiger partial charge in [0.1, 0.15) is 0 Å². The molecule has 6 heteroatoms. The van der Waals surface area contributed by atoms with Crippen molar-refractivity contribution in [2.24, 2.45) is 4.99 Å². The number of hydrogen-bond acceptors (Lipinski definition) is 5. The summed E-state index contributed by atoms with van der Waals surface area (Å²) in [5, 5.41) is 10.0. The standard InChI is InChI=1S/C26H50N4O2/c1-3-5-7-8-9-10-11-12-13-14-15-16-17-18-19-20-21-28-24-23-25(32-22-6-4-2)29-26(27)30(24)31/h23,31H,3-22H2,1-2H3,(H2,27,29). The molecule has 0 aliphatic carbocycles. The molecule has 1 aromatic rings. The zero-order chi connectivity index (χ0) is 23.3. The number of rotatable bonds is 21. The van der Waals surface area contributed by atoms with Crippen LogP contribution in [0.5, 0.6) is 5.88 Å². The van der Waals surface area contributed by atoms with Crippen LogP contribution in [0.3, 0.4) is 0 Å². The monoisotopic (exact) mass is 450 g/mol. The Labute approximate surface area is 196 Å². The van der Waals surface area contributed by atoms with Crippen LogP contribution in [0.25, 0.3) is 0 Å². The van der Waals surface area contributed by atoms with Crippen LogP contribution in [0.1, 0.15) is 129 Å². The first-order valence-electron chi connectivity index (χ1n) is 13.4. The third kappa shape index (κ3) is 14.4. The first kappa shape index (κ1) is 28.3. The molecule has 0 aliphatic heterocycles. The van der Waals surface area contributed by atoms with Gasteiger partial charge in [-0.2, -0.15) is 4.98 Å². The predicted molar refractivity (Wildman–Crippen MR) is 134 cm³/mol. The lowest BCUT2D eigenvalue weighted by Gasteiger charge is -2.08. The van der Waals surface area contributed by atoms with Gasteiger partial charge in [-0.15, -0.1) is 4.73 Å². The van der Waals surface area contributed by atoms with Crippen molar-refractivity contribution in [3.63, 3.8) is 0 Å². The highest BCUT2D eigenvalue weighted by Gasteiger charge is 2.04. The maximum Gasteiger partial charge on any atom is 0.239 e. The van der Waals surface area contributed by atoms with Gasteiger partial charge in [-0.05, 0) is 12.8 Å². The van der Waals surface area contributed by atoms with E-state index in [2.05, 4.69) is 23.8 Å². The molecule has 0 saturated carbocycles. The second-order valence-corrected chi connectivity index (χ2v) is 9.01. The maximum absolute atomic E-state index is 10.0. The van der Waals surface area contributed by atoms with Crippen molar-refractivity contribution in [2.45, 2.75) is 129 Å². The Morgan fingerprint density at radius 3 is 1.75 bits per heavy atom. The molecule has 0 bridgehead atoms. The van der Waals surface area contributed by atoms with Gasteiger partial charge in [-0.3, -0.25) is 4.99 Å². The molecule has 1 aromatic heterocycles. The molecule has 3 N–H and O–H groups in total. The van der Waals surface area contributed by atoms with E-state index in [-0.39, 0.29) is 5.95 Å². The van der Waals surface area contributed by atoms with Gasteiger partial charge in [-0.1, -0.05) is 117 Å². The molecule has 0 aliphatic rings. The highest BCUT2D eigenvalue weighted by Crippen LogP contribution is 2.13. The smallest absolute Gasteiger partial charge is 0.239 e. The molecule has 0 amide bonds. The van der Waals surface area contributed by atoms with Gasteiger partial charge in [0.25, 0.3) is 0 Å². The average molecular weight is 451 g/mol. The van der Waals surface area contributed by atoms with E-state index < -0.39 is 0 Å². The highest BCUT2D eigenvalue weighted by atomic mass is 16.5. The highest BCUT2D eigenvalue weighted by molar-refractivity contribution is 5.21. The van der Waals surface area contributed by atoms with E-state index in [1.54, 1.807) is 6.07 Å². The summed E-state index contributed by atoms with van der Waals surface area (Å²) < 4.78 is 6.42. The molecule has 1 heterocycles. The van der Waals surface area contributed by atoms with Crippen LogP contribution in [0.2, 0.25) is 0 Å². The van der Waals surface area contributed by atoms with Gasteiger partial charge in [0.15, 0.2) is 5.49 Å². The van der Waals surface area contributed by atoms with Crippen molar-refractivity contribution in [1.82, 2.24) is 9.71 Å². The van der Waals surface area contributed by atoms with E-state index in [4.69, 9.17) is 10.5 Å². The van der Waals surface area contributed by atoms with Crippen LogP contribution in [0.15, 0.2) is 11.1 Å². The lowest BCUT2D eigenvalue weighted by molar-refractivity contribution is 0.171. The Kier molecular flexibility index (Phi) is 17.6. The molecule has 0 fully saturated rings. The minimum atomic E-state index is 0.00437. The Balaban J connectivity index is 2.03. The Hall–Kier alpha value is -1.72. The number of ether oxygens (including phenoxy) is 1. The summed E-state index contributed by atoms with van der Waals surface area (Å²) in [5.41, 5.74) is 6.16. The van der Waals surface area contributed by atoms with Crippen molar-refractivity contribution >= 4 is 5.95 Å². The number of aromatic nitrogens is 2. The van der Waals surface area contributed by atoms with Gasteiger partial charge in [-0.25, -0.2) is 0 Å². The molecule has 186 valence electrons. The summed E-state index contributed by atoms with van der Waals surface area (Å²) >= 11 is 0. The fraction of sp³-hybridized carbons (Fsp3) is 0.846. The molecule has 1 rings (SSSR count). The van der Waals surface area contributed by atoms with E-state index in [1.165, 1.54) is 96.3 Å². The van der Waals surface area contributed by atoms with Crippen LogP contribution in [0.4, 0.5) is 5.95 Å². The summed E-state index contributed by atoms with van der Waals surface area (Å²) in [6.45, 7) is 5.66. The topological polar surface area (TPSA) is 85.7 Å². The maximum atomic E-state index is 10.0. The number of anilines is 1. The predicted octanol–water partition coefficient (Wildman–Crippen LogP) is 7.04. The molecular weight excluding hydrogens is 400 g/mol. The zero-order valence-electron chi connectivity index (χ0n) is 21.0. The molecule has 0 atom stereocenters. The third-order valence-electron chi connectivity index (χ3n) is 5.94. The van der Waals surface area contributed by atoms with Gasteiger partial charge in [0.2, 0.25) is 11.8 Å². The quantitative estimate of drug-likeness (QED) is 0.155. The molecule has 0 radical (unpaired) electrons. The van der Waals surface area contributed by atoms with Gasteiger partial charge in [0.05, 0.1) is 6.61 Å². The lowest BCUT2D eigenvalue weighted by Crippen LogP contribution is -2.24. The molecule has 0 spiro atoms. The average Bonchev–Trinajstić information content (AvgIpc) is 2.79. The summed E-state index contributed by atoms with van der Waals surface area (Å²) in [6.07, 6.45) is 23.7. The van der Waals surface area contributed by atoms with Crippen LogP contribution in [-0.2, 0) is 0 Å². The first-order chi connectivity index (χ1) is 15.7. The number of nitrogens with two attached hydrogens (primary N) is 1. The van der Waals surface area contributed by atoms with Crippen molar-refractivity contribution in [1.29, 1.82) is 0 Å². The van der Waals surface area contributed by atoms with E-state index >= 15 is 0 Å². The van der Waals surface area contributed by atoms with E-state index in [9.17, 15) is 5.21 Å². The normalized spacial score (nSPS) is 11.9. The largest absolute Gasteiger partial charge is 0.477 e. The van der Waals surface area contributed by atoms with Gasteiger partial charge in [0, 0.05) is 12.6 Å². The lowest BCUT2D eigenvalue weighted by atomic mass is 10.0. The number of nitrogens with zero attached hydrogens (tertiary/aromatic N) is 3. The minimum absolute atomic E-state index is 0.00437. The zero-order valence-corrected chi connectivity index (χ0v) is 21.0. The van der Waals surface area contributed by atoms with Crippen LogP contribution >= 0.6 is 0 Å². The molecule has 32 heavy (non-hydrogen) atoms. The second-order valence-electron chi connectivity index (χ2n) is 9.01. The summed E-state index contributed by atoms with van der Waals surface area (Å²) in [5.74, 6) is 0.427. The number of unbranched alkanes of at least 4 members (excludes halogenated alkanes) is 16. The van der Waals surface area contributed by atoms with Crippen LogP contribution < -0.4 is 16.0 Å². The van der Waals surface area contributed by atoms with Crippen LogP contribution in [-0.4, -0.2) is 28.1 Å². The fourth-order valence-electron chi connectivity index (χ4n) is 3.84. The first-order valence-corrected chi connectivity index (χ1v) is 13.4. The minimum Gasteiger partial charge on any atom is -0.477 e. The van der Waals surface area contributed by atoms with Gasteiger partial charge < -0.3 is 15.7 Å². The van der Waals surface area contributed by atoms with Crippen molar-refractivity contribution in [3.05, 3.63) is 11.6 Å².